The predicted molar refractivity (Wildman–Crippen MR) is 105 cm³/mol. The van der Waals surface area contributed by atoms with Crippen molar-refractivity contribution < 1.29 is 23.5 Å². The Morgan fingerprint density at radius 3 is 2.64 bits per heavy atom. The number of rotatable bonds is 5. The molecule has 28 heavy (non-hydrogen) atoms. The summed E-state index contributed by atoms with van der Waals surface area (Å²) in [6.45, 7) is 4.07. The smallest absolute Gasteiger partial charge is 0.293 e. The lowest BCUT2D eigenvalue weighted by Gasteiger charge is -2.09. The van der Waals surface area contributed by atoms with Gasteiger partial charge in [-0.1, -0.05) is 26.0 Å². The number of carbonyl (C=O) groups excluding carboxylic acids is 2. The second kappa shape index (κ2) is 7.26. The van der Waals surface area contributed by atoms with Gasteiger partial charge in [0.05, 0.1) is 0 Å². The van der Waals surface area contributed by atoms with Crippen molar-refractivity contribution in [2.24, 2.45) is 5.92 Å². The number of para-hydroxylation sites is 1. The summed E-state index contributed by atoms with van der Waals surface area (Å²) in [5.74, 6) is 0.810. The minimum atomic E-state index is -0.463. The molecule has 144 valence electrons. The molecule has 2 heterocycles. The Labute approximate surface area is 161 Å². The molecule has 0 unspecified atom stereocenters. The molecule has 7 nitrogen and oxygen atoms in total. The second-order valence-corrected chi connectivity index (χ2v) is 6.97. The van der Waals surface area contributed by atoms with E-state index in [2.05, 4.69) is 10.6 Å². The summed E-state index contributed by atoms with van der Waals surface area (Å²) in [5.41, 5.74) is 1.44. The van der Waals surface area contributed by atoms with Crippen LogP contribution in [0.3, 0.4) is 0 Å². The summed E-state index contributed by atoms with van der Waals surface area (Å²) < 4.78 is 16.4. The van der Waals surface area contributed by atoms with Gasteiger partial charge in [0.2, 0.25) is 18.5 Å². The molecule has 0 spiro atoms. The first-order valence-corrected chi connectivity index (χ1v) is 9.03. The summed E-state index contributed by atoms with van der Waals surface area (Å²) in [5, 5.41) is 6.30. The predicted octanol–water partition coefficient (Wildman–Crippen LogP) is 4.40. The Bertz CT molecular complexity index is 1050. The van der Waals surface area contributed by atoms with Crippen molar-refractivity contribution in [3.05, 3.63) is 48.2 Å². The van der Waals surface area contributed by atoms with Crippen molar-refractivity contribution in [3.8, 4) is 11.5 Å². The van der Waals surface area contributed by atoms with Gasteiger partial charge in [-0.05, 0) is 30.2 Å². The molecule has 1 aliphatic heterocycles. The molecule has 2 N–H and O–H groups in total. The molecule has 0 saturated heterocycles. The van der Waals surface area contributed by atoms with Crippen LogP contribution in [-0.2, 0) is 4.79 Å². The van der Waals surface area contributed by atoms with Gasteiger partial charge in [0.1, 0.15) is 11.3 Å². The third-order valence-electron chi connectivity index (χ3n) is 4.29. The first kappa shape index (κ1) is 17.9. The lowest BCUT2D eigenvalue weighted by atomic mass is 10.1. The van der Waals surface area contributed by atoms with Crippen LogP contribution in [0.1, 0.15) is 30.8 Å². The fraction of sp³-hybridized carbons (Fsp3) is 0.238. The highest BCUT2D eigenvalue weighted by Gasteiger charge is 2.23. The maximum Gasteiger partial charge on any atom is 0.293 e. The molecule has 0 saturated carbocycles. The molecule has 4 rings (SSSR count). The molecule has 3 aromatic rings. The molecular formula is C21H20N2O5. The first-order chi connectivity index (χ1) is 13.5. The summed E-state index contributed by atoms with van der Waals surface area (Å²) in [6.07, 6.45) is 0.350. The van der Waals surface area contributed by atoms with Crippen molar-refractivity contribution in [3.63, 3.8) is 0 Å². The van der Waals surface area contributed by atoms with Crippen molar-refractivity contribution in [2.45, 2.75) is 20.3 Å². The van der Waals surface area contributed by atoms with E-state index >= 15 is 0 Å². The van der Waals surface area contributed by atoms with Crippen LogP contribution >= 0.6 is 0 Å². The summed E-state index contributed by atoms with van der Waals surface area (Å²) in [4.78, 5) is 25.2. The third kappa shape index (κ3) is 3.51. The van der Waals surface area contributed by atoms with Crippen molar-refractivity contribution in [2.75, 3.05) is 17.4 Å². The number of nitrogens with one attached hydrogen (secondary N) is 2. The Morgan fingerprint density at radius 1 is 1.04 bits per heavy atom. The van der Waals surface area contributed by atoms with E-state index in [4.69, 9.17) is 13.9 Å². The van der Waals surface area contributed by atoms with Crippen LogP contribution < -0.4 is 20.1 Å². The number of hydrogen-bond donors (Lipinski definition) is 2. The van der Waals surface area contributed by atoms with Gasteiger partial charge in [0.25, 0.3) is 5.91 Å². The topological polar surface area (TPSA) is 89.8 Å². The quantitative estimate of drug-likeness (QED) is 0.685. The normalized spacial score (nSPS) is 12.4. The Hall–Kier alpha value is -3.48. The standard InChI is InChI=1S/C21H20N2O5/c1-12(2)9-18(24)23-19-14-5-3-4-6-15(14)28-20(19)21(25)22-13-7-8-16-17(10-13)27-11-26-16/h3-8,10,12H,9,11H2,1-2H3,(H,22,25)(H,23,24). The molecule has 0 fully saturated rings. The minimum absolute atomic E-state index is 0.0518. The zero-order chi connectivity index (χ0) is 19.7. The Morgan fingerprint density at radius 2 is 1.82 bits per heavy atom. The van der Waals surface area contributed by atoms with Gasteiger partial charge < -0.3 is 24.5 Å². The average Bonchev–Trinajstić information content (AvgIpc) is 3.25. The summed E-state index contributed by atoms with van der Waals surface area (Å²) in [6, 6.07) is 12.3. The molecule has 0 atom stereocenters. The van der Waals surface area contributed by atoms with Crippen LogP contribution in [0.2, 0.25) is 0 Å². The van der Waals surface area contributed by atoms with E-state index in [0.29, 0.717) is 40.3 Å². The van der Waals surface area contributed by atoms with Crippen LogP contribution in [0.4, 0.5) is 11.4 Å². The number of amides is 2. The van der Waals surface area contributed by atoms with Crippen LogP contribution in [0.15, 0.2) is 46.9 Å². The molecule has 1 aliphatic rings. The highest BCUT2D eigenvalue weighted by atomic mass is 16.7. The maximum absolute atomic E-state index is 12.9. The number of ether oxygens (including phenoxy) is 2. The van der Waals surface area contributed by atoms with Crippen LogP contribution in [0.25, 0.3) is 11.0 Å². The van der Waals surface area contributed by atoms with Gasteiger partial charge in [-0.15, -0.1) is 0 Å². The largest absolute Gasteiger partial charge is 0.454 e. The number of fused-ring (bicyclic) bond motifs is 2. The number of carbonyl (C=O) groups is 2. The van der Waals surface area contributed by atoms with E-state index in [1.54, 1.807) is 30.3 Å². The maximum atomic E-state index is 12.9. The fourth-order valence-corrected chi connectivity index (χ4v) is 3.05. The molecule has 1 aromatic heterocycles. The van der Waals surface area contributed by atoms with Crippen molar-refractivity contribution >= 4 is 34.2 Å². The van der Waals surface area contributed by atoms with E-state index in [1.807, 2.05) is 26.0 Å². The molecule has 2 amide bonds. The zero-order valence-electron chi connectivity index (χ0n) is 15.6. The molecule has 7 heteroatoms. The van der Waals surface area contributed by atoms with Gasteiger partial charge in [-0.3, -0.25) is 9.59 Å². The molecule has 0 radical (unpaired) electrons. The van der Waals surface area contributed by atoms with Crippen molar-refractivity contribution in [1.29, 1.82) is 0 Å². The fourth-order valence-electron chi connectivity index (χ4n) is 3.05. The minimum Gasteiger partial charge on any atom is -0.454 e. The van der Waals surface area contributed by atoms with E-state index in [0.717, 1.165) is 0 Å². The van der Waals surface area contributed by atoms with Gasteiger partial charge >= 0.3 is 0 Å². The SMILES string of the molecule is CC(C)CC(=O)Nc1c(C(=O)Nc2ccc3c(c2)OCO3)oc2ccccc12. The highest BCUT2D eigenvalue weighted by Crippen LogP contribution is 2.35. The van der Waals surface area contributed by atoms with E-state index in [9.17, 15) is 9.59 Å². The molecule has 0 aliphatic carbocycles. The summed E-state index contributed by atoms with van der Waals surface area (Å²) in [7, 11) is 0. The highest BCUT2D eigenvalue weighted by molar-refractivity contribution is 6.14. The number of benzene rings is 2. The lowest BCUT2D eigenvalue weighted by molar-refractivity contribution is -0.116. The van der Waals surface area contributed by atoms with E-state index in [1.165, 1.54) is 0 Å². The molecule has 0 bridgehead atoms. The Kier molecular flexibility index (Phi) is 4.65. The second-order valence-electron chi connectivity index (χ2n) is 6.97. The number of hydrogen-bond acceptors (Lipinski definition) is 5. The van der Waals surface area contributed by atoms with Crippen LogP contribution in [0, 0.1) is 5.92 Å². The lowest BCUT2D eigenvalue weighted by Crippen LogP contribution is -2.18. The summed E-state index contributed by atoms with van der Waals surface area (Å²) >= 11 is 0. The van der Waals surface area contributed by atoms with Crippen LogP contribution in [-0.4, -0.2) is 18.6 Å². The van der Waals surface area contributed by atoms with Gasteiger partial charge in [-0.2, -0.15) is 0 Å². The van der Waals surface area contributed by atoms with Crippen LogP contribution in [0.5, 0.6) is 11.5 Å². The first-order valence-electron chi connectivity index (χ1n) is 9.03. The van der Waals surface area contributed by atoms with E-state index in [-0.39, 0.29) is 24.4 Å². The monoisotopic (exact) mass is 380 g/mol. The number of furan rings is 1. The third-order valence-corrected chi connectivity index (χ3v) is 4.29. The van der Waals surface area contributed by atoms with Gasteiger partial charge in [0.15, 0.2) is 11.5 Å². The number of anilines is 2. The van der Waals surface area contributed by atoms with Gasteiger partial charge in [-0.25, -0.2) is 0 Å². The average molecular weight is 380 g/mol. The Balaban J connectivity index is 1.64. The van der Waals surface area contributed by atoms with Crippen molar-refractivity contribution in [1.82, 2.24) is 0 Å². The molecule has 2 aromatic carbocycles. The molecular weight excluding hydrogens is 360 g/mol. The van der Waals surface area contributed by atoms with E-state index < -0.39 is 5.91 Å². The van der Waals surface area contributed by atoms with Gasteiger partial charge in [0, 0.05) is 23.6 Å². The zero-order valence-corrected chi connectivity index (χ0v) is 15.6.